The molecule has 5 rings (SSSR count). The van der Waals surface area contributed by atoms with Gasteiger partial charge in [0.05, 0.1) is 23.5 Å². The number of nitrogens with zero attached hydrogens (tertiary/aromatic N) is 6. The SMILES string of the molecule is Cn1cc(Nc2ncc(CCNCc3ccccc3)c(N(CI)c3cccc(NC(=O)/C=C/CN4CCOCC4)c3)n2)c(Cl)n1. The number of aryl methyl sites for hydroxylation is 1. The maximum absolute atomic E-state index is 12.7. The normalized spacial score (nSPS) is 13.7. The van der Waals surface area contributed by atoms with E-state index < -0.39 is 0 Å². The third-order valence-electron chi connectivity index (χ3n) is 7.15. The minimum atomic E-state index is -0.173. The molecule has 0 radical (unpaired) electrons. The number of carbonyl (C=O) groups excluding carboxylic acids is 1. The quantitative estimate of drug-likeness (QED) is 0.0522. The number of ether oxygens (including phenoxy) is 1. The number of morpholine rings is 1. The molecule has 2 aromatic carbocycles. The fourth-order valence-electron chi connectivity index (χ4n) is 4.86. The van der Waals surface area contributed by atoms with E-state index in [-0.39, 0.29) is 5.91 Å². The number of benzene rings is 2. The first-order valence-corrected chi connectivity index (χ1v) is 16.7. The molecule has 0 spiro atoms. The number of amides is 1. The molecule has 1 aliphatic rings. The molecular formula is C32H37ClIN9O2. The molecule has 1 aliphatic heterocycles. The van der Waals surface area contributed by atoms with Crippen molar-refractivity contribution in [3.05, 3.63) is 95.4 Å². The van der Waals surface area contributed by atoms with Gasteiger partial charge in [0.25, 0.3) is 0 Å². The number of hydrogen-bond acceptors (Lipinski definition) is 9. The van der Waals surface area contributed by atoms with Crippen molar-refractivity contribution in [2.75, 3.05) is 59.5 Å². The monoisotopic (exact) mass is 741 g/mol. The van der Waals surface area contributed by atoms with Crippen molar-refractivity contribution in [1.29, 1.82) is 0 Å². The largest absolute Gasteiger partial charge is 0.379 e. The smallest absolute Gasteiger partial charge is 0.248 e. The highest BCUT2D eigenvalue weighted by atomic mass is 127. The van der Waals surface area contributed by atoms with Crippen LogP contribution in [0.5, 0.6) is 0 Å². The summed E-state index contributed by atoms with van der Waals surface area (Å²) in [7, 11) is 1.80. The van der Waals surface area contributed by atoms with Crippen LogP contribution in [0.4, 0.5) is 28.8 Å². The Morgan fingerprint density at radius 3 is 2.73 bits per heavy atom. The van der Waals surface area contributed by atoms with Crippen LogP contribution in [0.15, 0.2) is 79.1 Å². The molecule has 1 amide bonds. The first-order valence-electron chi connectivity index (χ1n) is 14.8. The van der Waals surface area contributed by atoms with E-state index >= 15 is 0 Å². The van der Waals surface area contributed by atoms with Gasteiger partial charge in [0.1, 0.15) is 5.82 Å². The number of rotatable bonds is 14. The molecule has 0 bridgehead atoms. The van der Waals surface area contributed by atoms with Crippen LogP contribution >= 0.6 is 34.2 Å². The predicted octanol–water partition coefficient (Wildman–Crippen LogP) is 5.30. The van der Waals surface area contributed by atoms with Gasteiger partial charge in [-0.15, -0.1) is 0 Å². The van der Waals surface area contributed by atoms with Gasteiger partial charge < -0.3 is 25.6 Å². The van der Waals surface area contributed by atoms with Crippen LogP contribution < -0.4 is 20.9 Å². The first-order chi connectivity index (χ1) is 22.0. The lowest BCUT2D eigenvalue weighted by molar-refractivity contribution is -0.111. The van der Waals surface area contributed by atoms with Crippen molar-refractivity contribution in [2.24, 2.45) is 7.05 Å². The average molecular weight is 742 g/mol. The summed E-state index contributed by atoms with van der Waals surface area (Å²) in [6.07, 6.45) is 7.83. The van der Waals surface area contributed by atoms with E-state index in [1.54, 1.807) is 24.0 Å². The lowest BCUT2D eigenvalue weighted by Gasteiger charge is -2.25. The summed E-state index contributed by atoms with van der Waals surface area (Å²) in [5, 5.41) is 14.3. The van der Waals surface area contributed by atoms with Gasteiger partial charge >= 0.3 is 0 Å². The fourth-order valence-corrected chi connectivity index (χ4v) is 5.79. The predicted molar refractivity (Wildman–Crippen MR) is 188 cm³/mol. The maximum atomic E-state index is 12.7. The zero-order valence-corrected chi connectivity index (χ0v) is 28.0. The second-order valence-electron chi connectivity index (χ2n) is 10.5. The number of carbonyl (C=O) groups is 1. The summed E-state index contributed by atoms with van der Waals surface area (Å²) in [4.78, 5) is 26.6. The molecule has 1 saturated heterocycles. The average Bonchev–Trinajstić information content (AvgIpc) is 3.37. The Morgan fingerprint density at radius 2 is 1.98 bits per heavy atom. The van der Waals surface area contributed by atoms with E-state index in [1.165, 1.54) is 5.56 Å². The minimum Gasteiger partial charge on any atom is -0.379 e. The third-order valence-corrected chi connectivity index (χ3v) is 8.11. The summed E-state index contributed by atoms with van der Waals surface area (Å²) < 4.78 is 7.64. The van der Waals surface area contributed by atoms with Gasteiger partial charge in [-0.3, -0.25) is 14.4 Å². The highest BCUT2D eigenvalue weighted by Crippen LogP contribution is 2.31. The van der Waals surface area contributed by atoms with Crippen molar-refractivity contribution >= 4 is 68.9 Å². The van der Waals surface area contributed by atoms with Crippen molar-refractivity contribution in [1.82, 2.24) is 30.0 Å². The van der Waals surface area contributed by atoms with Crippen molar-refractivity contribution in [3.8, 4) is 0 Å². The van der Waals surface area contributed by atoms with Crippen LogP contribution in [0.25, 0.3) is 0 Å². The van der Waals surface area contributed by atoms with Crippen LogP contribution in [0.2, 0.25) is 5.15 Å². The van der Waals surface area contributed by atoms with Gasteiger partial charge in [0.2, 0.25) is 11.9 Å². The summed E-state index contributed by atoms with van der Waals surface area (Å²) in [5.74, 6) is 0.997. The number of alkyl halides is 1. The molecule has 3 N–H and O–H groups in total. The van der Waals surface area contributed by atoms with E-state index in [1.807, 2.05) is 54.7 Å². The van der Waals surface area contributed by atoms with E-state index in [4.69, 9.17) is 21.3 Å². The Hall–Kier alpha value is -3.56. The minimum absolute atomic E-state index is 0.173. The van der Waals surface area contributed by atoms with Crippen LogP contribution in [0.1, 0.15) is 11.1 Å². The van der Waals surface area contributed by atoms with E-state index in [2.05, 4.69) is 70.6 Å². The van der Waals surface area contributed by atoms with Gasteiger partial charge in [-0.05, 0) is 36.7 Å². The molecule has 0 saturated carbocycles. The molecule has 0 atom stereocenters. The van der Waals surface area contributed by atoms with Crippen molar-refractivity contribution in [2.45, 2.75) is 13.0 Å². The zero-order chi connectivity index (χ0) is 31.4. The molecular weight excluding hydrogens is 705 g/mol. The Labute approximate surface area is 282 Å². The van der Waals surface area contributed by atoms with Crippen molar-refractivity contribution in [3.63, 3.8) is 0 Å². The Bertz CT molecular complexity index is 1580. The lowest BCUT2D eigenvalue weighted by atomic mass is 10.2. The number of nitrogens with one attached hydrogen (secondary N) is 3. The van der Waals surface area contributed by atoms with Gasteiger partial charge in [-0.2, -0.15) is 10.1 Å². The van der Waals surface area contributed by atoms with Crippen molar-refractivity contribution < 1.29 is 9.53 Å². The standard InChI is InChI=1S/C32H37ClIN9O2/c1-41-22-28(30(33)40-41)38-32-36-21-25(12-13-35-20-24-7-3-2-4-8-24)31(39-32)43(23-34)27-10-5-9-26(19-27)37-29(44)11-6-14-42-15-17-45-18-16-42/h2-11,19,21-22,35H,12-18,20,23H2,1H3,(H,37,44)(H,36,38,39)/b11-6+. The summed E-state index contributed by atoms with van der Waals surface area (Å²) in [6.45, 7) is 5.45. The lowest BCUT2D eigenvalue weighted by Crippen LogP contribution is -2.36. The van der Waals surface area contributed by atoms with Gasteiger partial charge in [-0.25, -0.2) is 4.98 Å². The first kappa shape index (κ1) is 32.8. The highest BCUT2D eigenvalue weighted by molar-refractivity contribution is 14.1. The molecule has 13 heteroatoms. The number of halogens is 2. The molecule has 0 aliphatic carbocycles. The van der Waals surface area contributed by atoms with Gasteiger partial charge in [0, 0.05) is 68.6 Å². The van der Waals surface area contributed by atoms with E-state index in [0.29, 0.717) is 33.4 Å². The van der Waals surface area contributed by atoms with E-state index in [9.17, 15) is 4.79 Å². The molecule has 236 valence electrons. The second kappa shape index (κ2) is 16.7. The molecule has 1 fully saturated rings. The maximum Gasteiger partial charge on any atom is 0.248 e. The van der Waals surface area contributed by atoms with Crippen LogP contribution in [0.3, 0.4) is 0 Å². The summed E-state index contributed by atoms with van der Waals surface area (Å²) in [6, 6.07) is 18.1. The molecule has 11 nitrogen and oxygen atoms in total. The molecule has 3 heterocycles. The third kappa shape index (κ3) is 9.71. The molecule has 2 aromatic heterocycles. The number of anilines is 5. The van der Waals surface area contributed by atoms with E-state index in [0.717, 1.165) is 63.0 Å². The summed E-state index contributed by atoms with van der Waals surface area (Å²) >= 11 is 8.63. The highest BCUT2D eigenvalue weighted by Gasteiger charge is 2.18. The summed E-state index contributed by atoms with van der Waals surface area (Å²) in [5.41, 5.74) is 4.42. The molecule has 45 heavy (non-hydrogen) atoms. The Morgan fingerprint density at radius 1 is 1.16 bits per heavy atom. The Balaban J connectivity index is 1.32. The van der Waals surface area contributed by atoms with Crippen LogP contribution in [0, 0.1) is 0 Å². The number of hydrogen-bond donors (Lipinski definition) is 3. The molecule has 0 unspecified atom stereocenters. The fraction of sp³-hybridized carbons (Fsp3) is 0.312. The second-order valence-corrected chi connectivity index (χ2v) is 11.5. The zero-order valence-electron chi connectivity index (χ0n) is 25.1. The topological polar surface area (TPSA) is 112 Å². The molecule has 4 aromatic rings. The van der Waals surface area contributed by atoms with Gasteiger partial charge in [-0.1, -0.05) is 76.7 Å². The Kier molecular flexibility index (Phi) is 12.2. The number of aromatic nitrogens is 4. The van der Waals surface area contributed by atoms with Gasteiger partial charge in [0.15, 0.2) is 5.15 Å². The van der Waals surface area contributed by atoms with Crippen LogP contribution in [-0.2, 0) is 29.5 Å². The van der Waals surface area contributed by atoms with Crippen LogP contribution in [-0.4, -0.2) is 74.5 Å².